The van der Waals surface area contributed by atoms with Crippen LogP contribution in [-0.4, -0.2) is 36.9 Å². The number of hydrogen-bond donors (Lipinski definition) is 1. The molecule has 1 atom stereocenters. The maximum Gasteiger partial charge on any atom is 0.263 e. The van der Waals surface area contributed by atoms with Gasteiger partial charge in [-0.2, -0.15) is 0 Å². The summed E-state index contributed by atoms with van der Waals surface area (Å²) in [5.74, 6) is 1.05. The number of hydrogen-bond acceptors (Lipinski definition) is 3. The van der Waals surface area contributed by atoms with E-state index in [1.165, 1.54) is 16.9 Å². The molecule has 4 nitrogen and oxygen atoms in total. The number of piperidine rings is 1. The molecule has 0 radical (unpaired) electrons. The van der Waals surface area contributed by atoms with Crippen molar-refractivity contribution in [1.82, 2.24) is 10.2 Å². The molecule has 0 spiro atoms. The van der Waals surface area contributed by atoms with E-state index in [4.69, 9.17) is 0 Å². The predicted octanol–water partition coefficient (Wildman–Crippen LogP) is 2.47. The molecule has 5 heteroatoms. The summed E-state index contributed by atoms with van der Waals surface area (Å²) in [6.07, 6.45) is 5.00. The summed E-state index contributed by atoms with van der Waals surface area (Å²) in [5.41, 5.74) is 1.38. The molecule has 0 saturated carbocycles. The second-order valence-corrected chi connectivity index (χ2v) is 7.72. The summed E-state index contributed by atoms with van der Waals surface area (Å²) in [5, 5.41) is 2.71. The highest BCUT2D eigenvalue weighted by Crippen LogP contribution is 2.33. The van der Waals surface area contributed by atoms with Crippen LogP contribution in [0, 0.1) is 11.8 Å². The van der Waals surface area contributed by atoms with Gasteiger partial charge >= 0.3 is 0 Å². The lowest BCUT2D eigenvalue weighted by Crippen LogP contribution is -2.42. The monoisotopic (exact) mass is 320 g/mol. The molecule has 1 N–H and O–H groups in total. The van der Waals surface area contributed by atoms with Crippen molar-refractivity contribution in [2.45, 2.75) is 39.0 Å². The van der Waals surface area contributed by atoms with Crippen molar-refractivity contribution in [3.63, 3.8) is 0 Å². The van der Waals surface area contributed by atoms with Gasteiger partial charge in [0.1, 0.15) is 0 Å². The quantitative estimate of drug-likeness (QED) is 0.910. The molecule has 0 aromatic carbocycles. The highest BCUT2D eigenvalue weighted by molar-refractivity contribution is 7.14. The molecule has 2 heterocycles. The number of carbonyl (C=O) groups excluding carboxylic acids is 2. The number of thiophene rings is 1. The number of carbonyl (C=O) groups is 2. The predicted molar refractivity (Wildman–Crippen MR) is 88.2 cm³/mol. The fourth-order valence-electron chi connectivity index (χ4n) is 3.52. The summed E-state index contributed by atoms with van der Waals surface area (Å²) >= 11 is 1.68. The third kappa shape index (κ3) is 3.05. The van der Waals surface area contributed by atoms with Gasteiger partial charge in [0.2, 0.25) is 5.91 Å². The Balaban J connectivity index is 1.64. The number of likely N-dealkylation sites (tertiary alicyclic amines) is 1. The van der Waals surface area contributed by atoms with Crippen molar-refractivity contribution < 1.29 is 9.59 Å². The maximum absolute atomic E-state index is 12.7. The first kappa shape index (κ1) is 15.5. The molecular formula is C17H24N2O2S. The summed E-state index contributed by atoms with van der Waals surface area (Å²) in [7, 11) is 1.68. The summed E-state index contributed by atoms with van der Waals surface area (Å²) in [4.78, 5) is 28.6. The number of nitrogens with zero attached hydrogens (tertiary/aromatic N) is 1. The van der Waals surface area contributed by atoms with E-state index in [1.54, 1.807) is 18.4 Å². The first-order valence-electron chi connectivity index (χ1n) is 8.21. The van der Waals surface area contributed by atoms with Crippen molar-refractivity contribution in [2.75, 3.05) is 20.1 Å². The zero-order valence-corrected chi connectivity index (χ0v) is 14.2. The van der Waals surface area contributed by atoms with E-state index in [0.29, 0.717) is 13.1 Å². The van der Waals surface area contributed by atoms with Crippen LogP contribution < -0.4 is 5.32 Å². The van der Waals surface area contributed by atoms with E-state index in [2.05, 4.69) is 18.3 Å². The Morgan fingerprint density at radius 2 is 2.00 bits per heavy atom. The second kappa shape index (κ2) is 6.41. The second-order valence-electron chi connectivity index (χ2n) is 6.59. The van der Waals surface area contributed by atoms with Crippen molar-refractivity contribution in [2.24, 2.45) is 11.8 Å². The standard InChI is InChI=1S/C17H24N2O2S/c1-11-3-4-14-13(9-11)10-15(22-14)17(21)19-7-5-12(6-8-19)16(20)18-2/h10-12H,3-9H2,1-2H3,(H,18,20). The third-order valence-electron chi connectivity index (χ3n) is 4.94. The molecule has 1 fully saturated rings. The molecule has 1 aliphatic carbocycles. The fourth-order valence-corrected chi connectivity index (χ4v) is 4.69. The molecule has 120 valence electrons. The van der Waals surface area contributed by atoms with Crippen LogP contribution in [0.25, 0.3) is 0 Å². The molecule has 1 aliphatic heterocycles. The molecule has 1 aromatic rings. The van der Waals surface area contributed by atoms with E-state index in [9.17, 15) is 9.59 Å². The molecule has 1 unspecified atom stereocenters. The van der Waals surface area contributed by atoms with Crippen molar-refractivity contribution in [3.8, 4) is 0 Å². The summed E-state index contributed by atoms with van der Waals surface area (Å²) < 4.78 is 0. The first-order valence-corrected chi connectivity index (χ1v) is 9.02. The highest BCUT2D eigenvalue weighted by Gasteiger charge is 2.29. The average Bonchev–Trinajstić information content (AvgIpc) is 2.96. The topological polar surface area (TPSA) is 49.4 Å². The van der Waals surface area contributed by atoms with Crippen LogP contribution in [-0.2, 0) is 17.6 Å². The van der Waals surface area contributed by atoms with Gasteiger partial charge in [-0.1, -0.05) is 6.92 Å². The molecule has 22 heavy (non-hydrogen) atoms. The molecule has 0 bridgehead atoms. The Bertz CT molecular complexity index is 573. The van der Waals surface area contributed by atoms with Gasteiger partial charge in [0.15, 0.2) is 0 Å². The van der Waals surface area contributed by atoms with Gasteiger partial charge in [-0.05, 0) is 49.7 Å². The number of amides is 2. The van der Waals surface area contributed by atoms with Gasteiger partial charge in [-0.3, -0.25) is 9.59 Å². The lowest BCUT2D eigenvalue weighted by atomic mass is 9.90. The molecule has 3 rings (SSSR count). The summed E-state index contributed by atoms with van der Waals surface area (Å²) in [6.45, 7) is 3.66. The molecular weight excluding hydrogens is 296 g/mol. The zero-order valence-electron chi connectivity index (χ0n) is 13.4. The normalized spacial score (nSPS) is 22.3. The van der Waals surface area contributed by atoms with Gasteiger partial charge in [0, 0.05) is 30.9 Å². The van der Waals surface area contributed by atoms with E-state index in [0.717, 1.165) is 36.5 Å². The van der Waals surface area contributed by atoms with E-state index in [-0.39, 0.29) is 17.7 Å². The molecule has 1 aromatic heterocycles. The van der Waals surface area contributed by atoms with Crippen LogP contribution in [0.5, 0.6) is 0 Å². The number of rotatable bonds is 2. The number of nitrogens with one attached hydrogen (secondary N) is 1. The lowest BCUT2D eigenvalue weighted by Gasteiger charge is -2.30. The minimum atomic E-state index is 0.0615. The summed E-state index contributed by atoms with van der Waals surface area (Å²) in [6, 6.07) is 2.11. The minimum absolute atomic E-state index is 0.0615. The Morgan fingerprint density at radius 3 is 2.68 bits per heavy atom. The van der Waals surface area contributed by atoms with Crippen LogP contribution >= 0.6 is 11.3 Å². The van der Waals surface area contributed by atoms with Crippen LogP contribution in [0.4, 0.5) is 0 Å². The van der Waals surface area contributed by atoms with E-state index >= 15 is 0 Å². The fraction of sp³-hybridized carbons (Fsp3) is 0.647. The minimum Gasteiger partial charge on any atom is -0.359 e. The van der Waals surface area contributed by atoms with Crippen LogP contribution in [0.3, 0.4) is 0 Å². The van der Waals surface area contributed by atoms with Gasteiger partial charge in [0.25, 0.3) is 5.91 Å². The molecule has 2 amide bonds. The average molecular weight is 320 g/mol. The Kier molecular flexibility index (Phi) is 4.52. The van der Waals surface area contributed by atoms with Gasteiger partial charge in [0.05, 0.1) is 4.88 Å². The van der Waals surface area contributed by atoms with Crippen LogP contribution in [0.15, 0.2) is 6.07 Å². The Morgan fingerprint density at radius 1 is 1.27 bits per heavy atom. The molecule has 2 aliphatic rings. The lowest BCUT2D eigenvalue weighted by molar-refractivity contribution is -0.125. The third-order valence-corrected chi connectivity index (χ3v) is 6.16. The van der Waals surface area contributed by atoms with Crippen molar-refractivity contribution >= 4 is 23.2 Å². The Labute approximate surface area is 135 Å². The van der Waals surface area contributed by atoms with Crippen LogP contribution in [0.2, 0.25) is 0 Å². The highest BCUT2D eigenvalue weighted by atomic mass is 32.1. The smallest absolute Gasteiger partial charge is 0.263 e. The molecule has 1 saturated heterocycles. The maximum atomic E-state index is 12.7. The van der Waals surface area contributed by atoms with Gasteiger partial charge in [-0.15, -0.1) is 11.3 Å². The van der Waals surface area contributed by atoms with E-state index < -0.39 is 0 Å². The SMILES string of the molecule is CNC(=O)C1CCN(C(=O)c2cc3c(s2)CCC(C)C3)CC1. The van der Waals surface area contributed by atoms with Crippen molar-refractivity contribution in [1.29, 1.82) is 0 Å². The van der Waals surface area contributed by atoms with Crippen LogP contribution in [0.1, 0.15) is 46.3 Å². The first-order chi connectivity index (χ1) is 10.6. The van der Waals surface area contributed by atoms with Gasteiger partial charge < -0.3 is 10.2 Å². The van der Waals surface area contributed by atoms with Crippen molar-refractivity contribution in [3.05, 3.63) is 21.4 Å². The van der Waals surface area contributed by atoms with Gasteiger partial charge in [-0.25, -0.2) is 0 Å². The Hall–Kier alpha value is -1.36. The van der Waals surface area contributed by atoms with E-state index in [1.807, 2.05) is 4.90 Å². The number of fused-ring (bicyclic) bond motifs is 1. The largest absolute Gasteiger partial charge is 0.359 e. The zero-order chi connectivity index (χ0) is 15.7. The number of aryl methyl sites for hydroxylation is 1.